The van der Waals surface area contributed by atoms with Crippen molar-refractivity contribution in [2.75, 3.05) is 19.5 Å². The predicted octanol–water partition coefficient (Wildman–Crippen LogP) is 0.970. The molecule has 2 aliphatic heterocycles. The van der Waals surface area contributed by atoms with Crippen LogP contribution in [0.5, 0.6) is 0 Å². The minimum atomic E-state index is -1.21. The summed E-state index contributed by atoms with van der Waals surface area (Å²) in [5.74, 6) is 0.837. The summed E-state index contributed by atoms with van der Waals surface area (Å²) in [5, 5.41) is 20.7. The average Bonchev–Trinajstić information content (AvgIpc) is 2.73. The number of aliphatic hydroxyl groups excluding tert-OH is 2. The van der Waals surface area contributed by atoms with Gasteiger partial charge >= 0.3 is 0 Å². The van der Waals surface area contributed by atoms with Crippen LogP contribution < -0.4 is 5.73 Å². The molecule has 0 aromatic carbocycles. The van der Waals surface area contributed by atoms with Gasteiger partial charge in [-0.25, -0.2) is 4.99 Å². The van der Waals surface area contributed by atoms with Crippen LogP contribution in [-0.2, 0) is 4.74 Å². The molecule has 7 heteroatoms. The summed E-state index contributed by atoms with van der Waals surface area (Å²) in [6.45, 7) is 8.92. The molecule has 23 heavy (non-hydrogen) atoms. The van der Waals surface area contributed by atoms with Crippen molar-refractivity contribution in [2.24, 2.45) is 10.7 Å². The minimum Gasteiger partial charge on any atom is -0.388 e. The number of nitrogens with zero attached hydrogens (tertiary/aromatic N) is 2. The van der Waals surface area contributed by atoms with E-state index in [0.717, 1.165) is 11.7 Å². The molecule has 0 amide bonds. The first-order valence-electron chi connectivity index (χ1n) is 7.85. The monoisotopic (exact) mass is 341 g/mol. The Balaban J connectivity index is 2.13. The van der Waals surface area contributed by atoms with Gasteiger partial charge in [-0.2, -0.15) is 0 Å². The number of rotatable bonds is 5. The summed E-state index contributed by atoms with van der Waals surface area (Å²) in [6, 6.07) is 0. The van der Waals surface area contributed by atoms with E-state index in [4.69, 9.17) is 10.5 Å². The Kier molecular flexibility index (Phi) is 5.41. The Morgan fingerprint density at radius 2 is 2.04 bits per heavy atom. The van der Waals surface area contributed by atoms with Gasteiger partial charge in [0.1, 0.15) is 23.9 Å². The van der Waals surface area contributed by atoms with E-state index in [9.17, 15) is 10.2 Å². The summed E-state index contributed by atoms with van der Waals surface area (Å²) in [7, 11) is 0. The van der Waals surface area contributed by atoms with Crippen molar-refractivity contribution in [1.82, 2.24) is 4.90 Å². The Morgan fingerprint density at radius 1 is 1.39 bits per heavy atom. The van der Waals surface area contributed by atoms with Crippen LogP contribution in [0, 0.1) is 0 Å². The van der Waals surface area contributed by atoms with Gasteiger partial charge < -0.3 is 25.6 Å². The van der Waals surface area contributed by atoms with Gasteiger partial charge in [-0.05, 0) is 32.3 Å². The maximum atomic E-state index is 10.4. The fraction of sp³-hybridized carbons (Fsp3) is 0.625. The molecule has 1 saturated heterocycles. The molecular weight excluding hydrogens is 313 g/mol. The average molecular weight is 341 g/mol. The van der Waals surface area contributed by atoms with Gasteiger partial charge in [-0.1, -0.05) is 13.5 Å². The van der Waals surface area contributed by atoms with E-state index >= 15 is 0 Å². The number of hydrogen-bond donors (Lipinski definition) is 3. The Bertz CT molecular complexity index is 581. The molecule has 2 rings (SSSR count). The lowest BCUT2D eigenvalue weighted by molar-refractivity contribution is -0.0581. The van der Waals surface area contributed by atoms with Crippen LogP contribution in [0.4, 0.5) is 0 Å². The SMILES string of the molecule is C=C1N=C(N)C(CC)=CN1[C@@H]1O[C@H](CCP(=C)(C)C)[C@@H](O)[C@H]1O. The molecule has 0 bridgehead atoms. The zero-order valence-electron chi connectivity index (χ0n) is 14.1. The Morgan fingerprint density at radius 3 is 2.61 bits per heavy atom. The first kappa shape index (κ1) is 18.3. The largest absolute Gasteiger partial charge is 0.388 e. The van der Waals surface area contributed by atoms with Crippen LogP contribution in [-0.4, -0.2) is 71.3 Å². The third-order valence-corrected chi connectivity index (χ3v) is 5.65. The molecule has 0 aliphatic carbocycles. The van der Waals surface area contributed by atoms with Crippen LogP contribution in [0.2, 0.25) is 0 Å². The van der Waals surface area contributed by atoms with E-state index in [1.54, 1.807) is 11.1 Å². The summed E-state index contributed by atoms with van der Waals surface area (Å²) in [6.07, 6.45) is 5.20. The standard InChI is InChI=1S/C16H28N3O3P/c1-6-11-9-19(10(2)18-15(11)17)16-14(21)13(20)12(22-16)7-8-23(3,4)5/h9,12-14,16,20-21H,2-3,6-8H2,1,4-5H3,(H2,17,18)/t12-,13-,14-,16-/m1/s1. The van der Waals surface area contributed by atoms with Crippen LogP contribution in [0.3, 0.4) is 0 Å². The predicted molar refractivity (Wildman–Crippen MR) is 97.0 cm³/mol. The van der Waals surface area contributed by atoms with Crippen molar-refractivity contribution in [1.29, 1.82) is 0 Å². The van der Waals surface area contributed by atoms with Crippen molar-refractivity contribution in [3.8, 4) is 0 Å². The van der Waals surface area contributed by atoms with Crippen molar-refractivity contribution in [3.63, 3.8) is 0 Å². The van der Waals surface area contributed by atoms with Crippen LogP contribution in [0.25, 0.3) is 0 Å². The zero-order chi connectivity index (χ0) is 17.4. The van der Waals surface area contributed by atoms with Gasteiger partial charge in [0.15, 0.2) is 6.23 Å². The number of aliphatic hydroxyl groups is 2. The number of ether oxygens (including phenoxy) is 1. The summed E-state index contributed by atoms with van der Waals surface area (Å²) in [5.41, 5.74) is 6.72. The minimum absolute atomic E-state index is 0.404. The molecule has 0 saturated carbocycles. The number of hydrogen-bond acceptors (Lipinski definition) is 6. The van der Waals surface area contributed by atoms with Crippen molar-refractivity contribution in [3.05, 3.63) is 24.2 Å². The first-order chi connectivity index (χ1) is 10.6. The lowest BCUT2D eigenvalue weighted by Gasteiger charge is -2.32. The Labute approximate surface area is 138 Å². The smallest absolute Gasteiger partial charge is 0.164 e. The molecule has 0 unspecified atom stereocenters. The second-order valence-electron chi connectivity index (χ2n) is 6.82. The summed E-state index contributed by atoms with van der Waals surface area (Å²) < 4.78 is 5.92. The van der Waals surface area contributed by atoms with Crippen molar-refractivity contribution < 1.29 is 14.9 Å². The highest BCUT2D eigenvalue weighted by atomic mass is 31.2. The van der Waals surface area contributed by atoms with Crippen LogP contribution >= 0.6 is 6.89 Å². The molecule has 4 atom stereocenters. The van der Waals surface area contributed by atoms with Gasteiger partial charge in [0.05, 0.1) is 6.10 Å². The molecule has 0 aromatic heterocycles. The molecule has 6 nitrogen and oxygen atoms in total. The second-order valence-corrected chi connectivity index (χ2v) is 11.1. The zero-order valence-corrected chi connectivity index (χ0v) is 15.0. The fourth-order valence-corrected chi connectivity index (χ4v) is 3.70. The van der Waals surface area contributed by atoms with Gasteiger partial charge in [-0.3, -0.25) is 0 Å². The second kappa shape index (κ2) is 6.81. The fourth-order valence-electron chi connectivity index (χ4n) is 2.74. The first-order valence-corrected chi connectivity index (χ1v) is 10.9. The number of nitrogens with two attached hydrogens (primary N) is 1. The summed E-state index contributed by atoms with van der Waals surface area (Å²) >= 11 is 0. The molecule has 130 valence electrons. The maximum Gasteiger partial charge on any atom is 0.164 e. The Hall–Kier alpha value is -1.07. The van der Waals surface area contributed by atoms with E-state index in [0.29, 0.717) is 24.5 Å². The van der Waals surface area contributed by atoms with E-state index in [-0.39, 0.29) is 0 Å². The molecule has 0 aromatic rings. The molecule has 1 fully saturated rings. The van der Waals surface area contributed by atoms with E-state index in [2.05, 4.69) is 31.2 Å². The van der Waals surface area contributed by atoms with Crippen molar-refractivity contribution in [2.45, 2.75) is 44.3 Å². The van der Waals surface area contributed by atoms with Gasteiger partial charge in [0.25, 0.3) is 0 Å². The van der Waals surface area contributed by atoms with Crippen LogP contribution in [0.15, 0.2) is 29.2 Å². The summed E-state index contributed by atoms with van der Waals surface area (Å²) in [4.78, 5) is 5.87. The van der Waals surface area contributed by atoms with E-state index < -0.39 is 31.4 Å². The quantitative estimate of drug-likeness (QED) is 0.648. The topological polar surface area (TPSA) is 91.3 Å². The van der Waals surface area contributed by atoms with E-state index in [1.807, 2.05) is 6.92 Å². The molecule has 2 heterocycles. The van der Waals surface area contributed by atoms with Crippen molar-refractivity contribution >= 4 is 19.0 Å². The van der Waals surface area contributed by atoms with Gasteiger partial charge in [-0.15, -0.1) is 13.2 Å². The third-order valence-electron chi connectivity index (χ3n) is 4.18. The normalized spacial score (nSPS) is 32.0. The maximum absolute atomic E-state index is 10.4. The van der Waals surface area contributed by atoms with Gasteiger partial charge in [0, 0.05) is 11.8 Å². The lowest BCUT2D eigenvalue weighted by Crippen LogP contribution is -2.42. The number of aliphatic imine (C=N–C) groups is 1. The molecule has 4 N–H and O–H groups in total. The van der Waals surface area contributed by atoms with E-state index in [1.165, 1.54) is 0 Å². The van der Waals surface area contributed by atoms with Crippen LogP contribution in [0.1, 0.15) is 19.8 Å². The molecule has 0 radical (unpaired) electrons. The highest BCUT2D eigenvalue weighted by Gasteiger charge is 2.45. The number of amidine groups is 1. The lowest BCUT2D eigenvalue weighted by atomic mass is 10.1. The third kappa shape index (κ3) is 4.07. The molecule has 0 spiro atoms. The highest BCUT2D eigenvalue weighted by molar-refractivity contribution is 7.72. The highest BCUT2D eigenvalue weighted by Crippen LogP contribution is 2.39. The molecular formula is C16H28N3O3P. The van der Waals surface area contributed by atoms with Gasteiger partial charge in [0.2, 0.25) is 0 Å². The molecule has 2 aliphatic rings.